The Bertz CT molecular complexity index is 1410. The molecule has 180 valence electrons. The highest BCUT2D eigenvalue weighted by molar-refractivity contribution is 5.90. The Morgan fingerprint density at radius 1 is 0.914 bits per heavy atom. The van der Waals surface area contributed by atoms with E-state index in [-0.39, 0.29) is 18.1 Å². The van der Waals surface area contributed by atoms with E-state index in [1.54, 1.807) is 12.4 Å². The van der Waals surface area contributed by atoms with Gasteiger partial charge in [-0.05, 0) is 56.2 Å². The van der Waals surface area contributed by atoms with Crippen molar-refractivity contribution in [2.45, 2.75) is 27.3 Å². The van der Waals surface area contributed by atoms with E-state index in [0.29, 0.717) is 17.2 Å². The van der Waals surface area contributed by atoms with E-state index >= 15 is 0 Å². The van der Waals surface area contributed by atoms with Gasteiger partial charge in [-0.2, -0.15) is 0 Å². The number of piperazine rings is 1. The normalized spacial score (nSPS) is 13.9. The second-order valence-electron chi connectivity index (χ2n) is 9.12. The number of nitrogens with one attached hydrogen (secondary N) is 1. The van der Waals surface area contributed by atoms with Crippen LogP contribution in [0.2, 0.25) is 0 Å². The van der Waals surface area contributed by atoms with Gasteiger partial charge in [0.15, 0.2) is 5.82 Å². The third-order valence-electron chi connectivity index (χ3n) is 6.26. The Morgan fingerprint density at radius 3 is 2.26 bits per heavy atom. The number of amides is 1. The first-order valence-electron chi connectivity index (χ1n) is 11.8. The van der Waals surface area contributed by atoms with Gasteiger partial charge in [0.1, 0.15) is 6.54 Å². The standard InChI is InChI=1S/C26H29N7O2/c1-18-4-6-22(7-5-18)30-10-12-31(13-11-30)24-25-29-33(26(35)32(25)9-8-27-24)17-23(34)28-21-15-19(2)14-20(3)16-21/h4-9,14-16H,10-13,17H2,1-3H3,(H,28,34). The van der Waals surface area contributed by atoms with E-state index in [1.165, 1.54) is 20.3 Å². The van der Waals surface area contributed by atoms with Crippen molar-refractivity contribution in [1.29, 1.82) is 0 Å². The molecular weight excluding hydrogens is 442 g/mol. The molecule has 9 nitrogen and oxygen atoms in total. The second-order valence-corrected chi connectivity index (χ2v) is 9.12. The van der Waals surface area contributed by atoms with Crippen molar-refractivity contribution in [2.24, 2.45) is 0 Å². The number of benzene rings is 2. The highest BCUT2D eigenvalue weighted by atomic mass is 16.2. The number of fused-ring (bicyclic) bond motifs is 1. The highest BCUT2D eigenvalue weighted by Crippen LogP contribution is 2.22. The van der Waals surface area contributed by atoms with Gasteiger partial charge in [0.2, 0.25) is 11.6 Å². The minimum atomic E-state index is -0.363. The Kier molecular flexibility index (Phi) is 5.98. The summed E-state index contributed by atoms with van der Waals surface area (Å²) < 4.78 is 2.65. The van der Waals surface area contributed by atoms with Gasteiger partial charge >= 0.3 is 5.69 Å². The first kappa shape index (κ1) is 22.6. The van der Waals surface area contributed by atoms with Crippen LogP contribution in [0.4, 0.5) is 17.2 Å². The maximum absolute atomic E-state index is 13.0. The van der Waals surface area contributed by atoms with Crippen molar-refractivity contribution >= 4 is 28.7 Å². The maximum atomic E-state index is 13.0. The van der Waals surface area contributed by atoms with Gasteiger partial charge < -0.3 is 15.1 Å². The fourth-order valence-electron chi connectivity index (χ4n) is 4.58. The number of nitrogens with zero attached hydrogens (tertiary/aromatic N) is 6. The molecule has 1 saturated heterocycles. The predicted molar refractivity (Wildman–Crippen MR) is 137 cm³/mol. The van der Waals surface area contributed by atoms with Gasteiger partial charge in [-0.15, -0.1) is 5.10 Å². The van der Waals surface area contributed by atoms with Gasteiger partial charge in [-0.25, -0.2) is 18.9 Å². The summed E-state index contributed by atoms with van der Waals surface area (Å²) in [6.45, 7) is 9.07. The van der Waals surface area contributed by atoms with Crippen molar-refractivity contribution < 1.29 is 4.79 Å². The Hall–Kier alpha value is -4.14. The molecule has 1 aliphatic heterocycles. The van der Waals surface area contributed by atoms with Crippen LogP contribution in [-0.4, -0.2) is 51.3 Å². The largest absolute Gasteiger partial charge is 0.368 e. The predicted octanol–water partition coefficient (Wildman–Crippen LogP) is 2.78. The third kappa shape index (κ3) is 4.75. The van der Waals surface area contributed by atoms with Gasteiger partial charge in [-0.3, -0.25) is 4.79 Å². The molecular formula is C26H29N7O2. The smallest absolute Gasteiger partial charge is 0.350 e. The van der Waals surface area contributed by atoms with E-state index in [2.05, 4.69) is 56.4 Å². The summed E-state index contributed by atoms with van der Waals surface area (Å²) in [5.74, 6) is 0.350. The molecule has 2 aromatic carbocycles. The van der Waals surface area contributed by atoms with Crippen LogP contribution in [0.25, 0.3) is 5.65 Å². The summed E-state index contributed by atoms with van der Waals surface area (Å²) in [5, 5.41) is 7.35. The Balaban J connectivity index is 1.32. The molecule has 5 rings (SSSR count). The number of aryl methyl sites for hydroxylation is 3. The van der Waals surface area contributed by atoms with Crippen LogP contribution < -0.4 is 20.8 Å². The SMILES string of the molecule is Cc1ccc(N2CCN(c3nccn4c(=O)n(CC(=O)Nc5cc(C)cc(C)c5)nc34)CC2)cc1. The van der Waals surface area contributed by atoms with Crippen molar-refractivity contribution in [1.82, 2.24) is 19.2 Å². The average Bonchev–Trinajstić information content (AvgIpc) is 3.14. The lowest BCUT2D eigenvalue weighted by Crippen LogP contribution is -2.47. The Morgan fingerprint density at radius 2 is 1.57 bits per heavy atom. The second kappa shape index (κ2) is 9.25. The zero-order valence-electron chi connectivity index (χ0n) is 20.2. The van der Waals surface area contributed by atoms with Gasteiger partial charge in [0, 0.05) is 49.9 Å². The van der Waals surface area contributed by atoms with Crippen molar-refractivity contribution in [3.8, 4) is 0 Å². The van der Waals surface area contributed by atoms with Crippen LogP contribution in [0.3, 0.4) is 0 Å². The van der Waals surface area contributed by atoms with Gasteiger partial charge in [0.05, 0.1) is 0 Å². The fraction of sp³-hybridized carbons (Fsp3) is 0.308. The van der Waals surface area contributed by atoms with E-state index in [9.17, 15) is 9.59 Å². The van der Waals surface area contributed by atoms with Crippen LogP contribution in [0.15, 0.2) is 59.7 Å². The van der Waals surface area contributed by atoms with E-state index in [1.807, 2.05) is 32.0 Å². The molecule has 1 N–H and O–H groups in total. The summed E-state index contributed by atoms with van der Waals surface area (Å²) in [7, 11) is 0. The first-order chi connectivity index (χ1) is 16.9. The zero-order valence-corrected chi connectivity index (χ0v) is 20.2. The summed E-state index contributed by atoms with van der Waals surface area (Å²) >= 11 is 0. The zero-order chi connectivity index (χ0) is 24.5. The molecule has 9 heteroatoms. The lowest BCUT2D eigenvalue weighted by atomic mass is 10.1. The highest BCUT2D eigenvalue weighted by Gasteiger charge is 2.23. The molecule has 2 aromatic heterocycles. The topological polar surface area (TPSA) is 87.8 Å². The van der Waals surface area contributed by atoms with Crippen LogP contribution in [0, 0.1) is 20.8 Å². The molecule has 0 atom stereocenters. The molecule has 35 heavy (non-hydrogen) atoms. The maximum Gasteiger partial charge on any atom is 0.350 e. The number of anilines is 3. The van der Waals surface area contributed by atoms with Crippen molar-refractivity contribution in [3.05, 3.63) is 82.0 Å². The molecule has 0 unspecified atom stereocenters. The number of aromatic nitrogens is 4. The van der Waals surface area contributed by atoms with E-state index in [4.69, 9.17) is 0 Å². The number of carbonyl (C=O) groups excluding carboxylic acids is 1. The number of rotatable bonds is 5. The number of carbonyl (C=O) groups is 1. The Labute approximate surface area is 203 Å². The van der Waals surface area contributed by atoms with Crippen LogP contribution in [-0.2, 0) is 11.3 Å². The summed E-state index contributed by atoms with van der Waals surface area (Å²) in [5.41, 5.74) is 5.37. The third-order valence-corrected chi connectivity index (χ3v) is 6.26. The molecule has 4 aromatic rings. The van der Waals surface area contributed by atoms with E-state index < -0.39 is 0 Å². The minimum Gasteiger partial charge on any atom is -0.368 e. The molecule has 0 radical (unpaired) electrons. The van der Waals surface area contributed by atoms with Gasteiger partial charge in [0.25, 0.3) is 0 Å². The molecule has 0 spiro atoms. The van der Waals surface area contributed by atoms with E-state index in [0.717, 1.165) is 37.3 Å². The molecule has 1 amide bonds. The van der Waals surface area contributed by atoms with Crippen molar-refractivity contribution in [2.75, 3.05) is 41.3 Å². The molecule has 0 bridgehead atoms. The molecule has 0 saturated carbocycles. The quantitative estimate of drug-likeness (QED) is 0.482. The van der Waals surface area contributed by atoms with Crippen LogP contribution in [0.5, 0.6) is 0 Å². The first-order valence-corrected chi connectivity index (χ1v) is 11.8. The molecule has 1 fully saturated rings. The van der Waals surface area contributed by atoms with Gasteiger partial charge in [-0.1, -0.05) is 23.8 Å². The monoisotopic (exact) mass is 471 g/mol. The summed E-state index contributed by atoms with van der Waals surface area (Å²) in [6.07, 6.45) is 3.20. The van der Waals surface area contributed by atoms with Crippen molar-refractivity contribution in [3.63, 3.8) is 0 Å². The fourth-order valence-corrected chi connectivity index (χ4v) is 4.58. The average molecular weight is 472 g/mol. The number of hydrogen-bond donors (Lipinski definition) is 1. The summed E-state index contributed by atoms with van der Waals surface area (Å²) in [4.78, 5) is 34.6. The molecule has 1 aliphatic rings. The summed E-state index contributed by atoms with van der Waals surface area (Å²) in [6, 6.07) is 14.4. The molecule has 3 heterocycles. The molecule has 0 aliphatic carbocycles. The number of hydrogen-bond acceptors (Lipinski definition) is 6. The minimum absolute atomic E-state index is 0.172. The van der Waals surface area contributed by atoms with Crippen LogP contribution >= 0.6 is 0 Å². The lowest BCUT2D eigenvalue weighted by molar-refractivity contribution is -0.117. The lowest BCUT2D eigenvalue weighted by Gasteiger charge is -2.36. The van der Waals surface area contributed by atoms with Crippen LogP contribution in [0.1, 0.15) is 16.7 Å².